The molecule has 152 valence electrons. The summed E-state index contributed by atoms with van der Waals surface area (Å²) in [6, 6.07) is 11.0. The lowest BCUT2D eigenvalue weighted by atomic mass is 9.95. The number of carbonyl (C=O) groups is 2. The Morgan fingerprint density at radius 1 is 1.17 bits per heavy atom. The molecule has 1 aliphatic rings. The summed E-state index contributed by atoms with van der Waals surface area (Å²) in [5.41, 5.74) is 0.283. The summed E-state index contributed by atoms with van der Waals surface area (Å²) >= 11 is 5.89. The maximum atomic E-state index is 14.6. The first kappa shape index (κ1) is 21.0. The summed E-state index contributed by atoms with van der Waals surface area (Å²) in [5.74, 6) is -2.62. The van der Waals surface area contributed by atoms with Crippen molar-refractivity contribution < 1.29 is 23.8 Å². The molecule has 0 saturated carbocycles. The largest absolute Gasteiger partial charge is 0.507 e. The van der Waals surface area contributed by atoms with Gasteiger partial charge in [-0.1, -0.05) is 29.8 Å². The topological polar surface area (TPSA) is 66.8 Å². The van der Waals surface area contributed by atoms with E-state index in [2.05, 4.69) is 0 Å². The summed E-state index contributed by atoms with van der Waals surface area (Å²) in [7, 11) is 0. The van der Waals surface area contributed by atoms with Crippen molar-refractivity contribution in [3.63, 3.8) is 0 Å². The molecule has 0 aliphatic carbocycles. The van der Waals surface area contributed by atoms with Gasteiger partial charge in [-0.2, -0.15) is 0 Å². The summed E-state index contributed by atoms with van der Waals surface area (Å²) in [5, 5.41) is 11.3. The predicted molar refractivity (Wildman–Crippen MR) is 108 cm³/mol. The van der Waals surface area contributed by atoms with Crippen molar-refractivity contribution in [1.82, 2.24) is 4.90 Å². The molecule has 29 heavy (non-hydrogen) atoms. The Morgan fingerprint density at radius 2 is 1.83 bits per heavy atom. The van der Waals surface area contributed by atoms with Crippen molar-refractivity contribution in [2.24, 2.45) is 0 Å². The van der Waals surface area contributed by atoms with E-state index >= 15 is 0 Å². The highest BCUT2D eigenvalue weighted by Gasteiger charge is 2.46. The van der Waals surface area contributed by atoms with Gasteiger partial charge in [-0.3, -0.25) is 9.59 Å². The Bertz CT molecular complexity index is 956. The normalized spacial score (nSPS) is 18.7. The molecule has 1 fully saturated rings. The van der Waals surface area contributed by atoms with Crippen LogP contribution in [0.5, 0.6) is 0 Å². The average molecular weight is 418 g/mol. The summed E-state index contributed by atoms with van der Waals surface area (Å²) in [6.45, 7) is 3.96. The molecule has 1 amide bonds. The van der Waals surface area contributed by atoms with E-state index in [9.17, 15) is 19.1 Å². The van der Waals surface area contributed by atoms with Crippen LogP contribution in [-0.2, 0) is 14.3 Å². The van der Waals surface area contributed by atoms with Crippen LogP contribution in [0.4, 0.5) is 4.39 Å². The zero-order valence-electron chi connectivity index (χ0n) is 16.1. The fourth-order valence-electron chi connectivity index (χ4n) is 3.28. The lowest BCUT2D eigenvalue weighted by Crippen LogP contribution is -2.33. The molecule has 0 spiro atoms. The SMILES string of the molecule is CC(C)OCCN1C(=O)C(=O)/C(=C(\O)c2ccc(Cl)cc2)C1c1ccccc1F. The third-order valence-electron chi connectivity index (χ3n) is 4.64. The van der Waals surface area contributed by atoms with Crippen molar-refractivity contribution in [3.8, 4) is 0 Å². The molecular weight excluding hydrogens is 397 g/mol. The van der Waals surface area contributed by atoms with E-state index in [0.29, 0.717) is 10.6 Å². The number of halogens is 2. The second-order valence-corrected chi connectivity index (χ2v) is 7.38. The monoisotopic (exact) mass is 417 g/mol. The van der Waals surface area contributed by atoms with Crippen molar-refractivity contribution in [2.75, 3.05) is 13.2 Å². The smallest absolute Gasteiger partial charge is 0.295 e. The number of hydrogen-bond donors (Lipinski definition) is 1. The van der Waals surface area contributed by atoms with E-state index < -0.39 is 23.5 Å². The van der Waals surface area contributed by atoms with Gasteiger partial charge in [0.15, 0.2) is 0 Å². The van der Waals surface area contributed by atoms with Gasteiger partial charge < -0.3 is 14.7 Å². The number of ketones is 1. The molecule has 2 aromatic carbocycles. The number of aliphatic hydroxyl groups is 1. The van der Waals surface area contributed by atoms with Crippen LogP contribution in [0.3, 0.4) is 0 Å². The number of hydrogen-bond acceptors (Lipinski definition) is 4. The van der Waals surface area contributed by atoms with E-state index in [0.717, 1.165) is 0 Å². The molecule has 0 radical (unpaired) electrons. The van der Waals surface area contributed by atoms with Crippen LogP contribution in [0.1, 0.15) is 31.0 Å². The molecule has 2 aromatic rings. The van der Waals surface area contributed by atoms with Crippen LogP contribution in [-0.4, -0.2) is 41.0 Å². The first-order valence-electron chi connectivity index (χ1n) is 9.21. The number of carbonyl (C=O) groups excluding carboxylic acids is 2. The molecule has 1 unspecified atom stereocenters. The second-order valence-electron chi connectivity index (χ2n) is 6.94. The Balaban J connectivity index is 2.11. The minimum absolute atomic E-state index is 0.0622. The molecule has 5 nitrogen and oxygen atoms in total. The zero-order chi connectivity index (χ0) is 21.1. The Kier molecular flexibility index (Phi) is 6.35. The molecule has 3 rings (SSSR count). The highest BCUT2D eigenvalue weighted by molar-refractivity contribution is 6.46. The zero-order valence-corrected chi connectivity index (χ0v) is 16.8. The minimum Gasteiger partial charge on any atom is -0.507 e. The Morgan fingerprint density at radius 3 is 2.45 bits per heavy atom. The van der Waals surface area contributed by atoms with Crippen molar-refractivity contribution >= 4 is 29.1 Å². The first-order chi connectivity index (χ1) is 13.8. The molecule has 1 N–H and O–H groups in total. The molecule has 7 heteroatoms. The van der Waals surface area contributed by atoms with E-state index in [1.54, 1.807) is 18.2 Å². The van der Waals surface area contributed by atoms with Gasteiger partial charge in [0.2, 0.25) is 0 Å². The summed E-state index contributed by atoms with van der Waals surface area (Å²) < 4.78 is 20.1. The third kappa shape index (κ3) is 4.33. The van der Waals surface area contributed by atoms with Crippen molar-refractivity contribution in [1.29, 1.82) is 0 Å². The Hall–Kier alpha value is -2.70. The van der Waals surface area contributed by atoms with E-state index in [4.69, 9.17) is 16.3 Å². The van der Waals surface area contributed by atoms with Gasteiger partial charge in [0.25, 0.3) is 11.7 Å². The molecule has 1 saturated heterocycles. The maximum absolute atomic E-state index is 14.6. The first-order valence-corrected chi connectivity index (χ1v) is 9.59. The number of ether oxygens (including phenoxy) is 1. The molecule has 1 atom stereocenters. The van der Waals surface area contributed by atoms with Crippen LogP contribution in [0.25, 0.3) is 5.76 Å². The number of rotatable bonds is 6. The number of likely N-dealkylation sites (tertiary alicyclic amines) is 1. The van der Waals surface area contributed by atoms with E-state index in [1.165, 1.54) is 35.2 Å². The van der Waals surface area contributed by atoms with Gasteiger partial charge in [-0.15, -0.1) is 0 Å². The van der Waals surface area contributed by atoms with E-state index in [-0.39, 0.29) is 36.2 Å². The molecule has 1 aliphatic heterocycles. The molecular formula is C22H21ClFNO4. The molecule has 0 bridgehead atoms. The van der Waals surface area contributed by atoms with Gasteiger partial charge in [-0.25, -0.2) is 4.39 Å². The number of aliphatic hydroxyl groups excluding tert-OH is 1. The van der Waals surface area contributed by atoms with Gasteiger partial charge in [0, 0.05) is 22.7 Å². The van der Waals surface area contributed by atoms with Gasteiger partial charge in [0.1, 0.15) is 11.6 Å². The number of benzene rings is 2. The van der Waals surface area contributed by atoms with Gasteiger partial charge in [-0.05, 0) is 44.2 Å². The third-order valence-corrected chi connectivity index (χ3v) is 4.89. The lowest BCUT2D eigenvalue weighted by molar-refractivity contribution is -0.140. The van der Waals surface area contributed by atoms with E-state index in [1.807, 2.05) is 13.8 Å². The number of nitrogens with zero attached hydrogens (tertiary/aromatic N) is 1. The van der Waals surface area contributed by atoms with Gasteiger partial charge >= 0.3 is 0 Å². The maximum Gasteiger partial charge on any atom is 0.295 e. The predicted octanol–water partition coefficient (Wildman–Crippen LogP) is 4.33. The quantitative estimate of drug-likeness (QED) is 0.431. The van der Waals surface area contributed by atoms with Crippen molar-refractivity contribution in [3.05, 3.63) is 76.1 Å². The lowest BCUT2D eigenvalue weighted by Gasteiger charge is -2.26. The number of Topliss-reactive ketones (excluding diaryl/α,β-unsaturated/α-hetero) is 1. The highest BCUT2D eigenvalue weighted by atomic mass is 35.5. The minimum atomic E-state index is -1.05. The van der Waals surface area contributed by atoms with Crippen molar-refractivity contribution in [2.45, 2.75) is 26.0 Å². The molecule has 1 heterocycles. The van der Waals surface area contributed by atoms with Crippen LogP contribution < -0.4 is 0 Å². The average Bonchev–Trinajstić information content (AvgIpc) is 2.93. The van der Waals surface area contributed by atoms with Crippen LogP contribution >= 0.6 is 11.6 Å². The fourth-order valence-corrected chi connectivity index (χ4v) is 3.41. The second kappa shape index (κ2) is 8.76. The summed E-state index contributed by atoms with van der Waals surface area (Å²) in [6.07, 6.45) is -0.0622. The fraction of sp³-hybridized carbons (Fsp3) is 0.273. The number of amides is 1. The standard InChI is InChI=1S/C22H21ClFNO4/c1-13(2)29-12-11-25-19(16-5-3-4-6-17(16)24)18(21(27)22(25)28)20(26)14-7-9-15(23)10-8-14/h3-10,13,19,26H,11-12H2,1-2H3/b20-18-. The highest BCUT2D eigenvalue weighted by Crippen LogP contribution is 2.40. The summed E-state index contributed by atoms with van der Waals surface area (Å²) in [4.78, 5) is 26.7. The molecule has 0 aromatic heterocycles. The van der Waals surface area contributed by atoms with Crippen LogP contribution in [0.15, 0.2) is 54.1 Å². The van der Waals surface area contributed by atoms with Crippen LogP contribution in [0.2, 0.25) is 5.02 Å². The van der Waals surface area contributed by atoms with Gasteiger partial charge in [0.05, 0.1) is 24.3 Å². The Labute approximate surface area is 173 Å². The van der Waals surface area contributed by atoms with Crippen LogP contribution in [0, 0.1) is 5.82 Å².